The third-order valence-electron chi connectivity index (χ3n) is 24.1. The average Bonchev–Trinajstić information content (AvgIpc) is 1.53. The number of nitrogens with zero attached hydrogens (tertiary/aromatic N) is 10. The molecular formula is C114H66N10. The van der Waals surface area contributed by atoms with Crippen molar-refractivity contribution in [1.29, 1.82) is 31.6 Å². The van der Waals surface area contributed by atoms with Crippen LogP contribution in [0.2, 0.25) is 0 Å². The van der Waals surface area contributed by atoms with E-state index in [4.69, 9.17) is 0 Å². The van der Waals surface area contributed by atoms with Crippen LogP contribution in [-0.2, 0) is 0 Å². The molecule has 10 nitrogen and oxygen atoms in total. The van der Waals surface area contributed by atoms with Gasteiger partial charge in [-0.2, -0.15) is 31.6 Å². The quantitative estimate of drug-likeness (QED) is 0.118. The number of para-hydroxylation sites is 7. The zero-order valence-corrected chi connectivity index (χ0v) is 66.6. The highest BCUT2D eigenvalue weighted by Crippen LogP contribution is 2.50. The lowest BCUT2D eigenvalue weighted by Gasteiger charge is -2.18. The number of hydrogen-bond donors (Lipinski definition) is 0. The third-order valence-corrected chi connectivity index (χ3v) is 24.1. The first kappa shape index (κ1) is 73.7. The lowest BCUT2D eigenvalue weighted by molar-refractivity contribution is 1.17. The van der Waals surface area contributed by atoms with Gasteiger partial charge >= 0.3 is 0 Å². The second-order valence-electron chi connectivity index (χ2n) is 30.7. The maximum atomic E-state index is 11.0. The standard InChI is InChI=1S/2C57H33N5/c58-34-40-32-39(48-33-47(37-16-5-1-6-17-37)49(35-59)54(50(48)36-60)38-18-7-2-8-19-38)28-29-43(40)44-25-15-26-46-56-53(62(57(44)46)42-22-11-4-12-23-42)31-30-52-55(56)45-24-13-14-27-51(45)61(52)41-20-9-3-10-21-41;58-34-41-31-39(48-33-47(37-15-5-1-6-16-37)50(35-59)55(51(48)36-60)38-17-7-2-8-18-38)25-27-44(41)40-26-29-53-49(32-40)45-28-30-54-56(57(45)62(53)43-21-11-4-12-22-43)46-23-13-14-24-52(46)61(54)42-19-9-3-10-20-42/h2*1-33H. The molecule has 0 amide bonds. The smallest absolute Gasteiger partial charge is 0.100 e. The molecule has 22 rings (SSSR count). The summed E-state index contributed by atoms with van der Waals surface area (Å²) in [5, 5.41) is 73.8. The van der Waals surface area contributed by atoms with E-state index in [-0.39, 0.29) is 0 Å². The van der Waals surface area contributed by atoms with Gasteiger partial charge in [0.2, 0.25) is 0 Å². The highest BCUT2D eigenvalue weighted by atomic mass is 15.0. The molecule has 0 fully saturated rings. The van der Waals surface area contributed by atoms with Gasteiger partial charge in [0.25, 0.3) is 0 Å². The predicted molar refractivity (Wildman–Crippen MR) is 502 cm³/mol. The first-order valence-corrected chi connectivity index (χ1v) is 40.9. The fraction of sp³-hybridized carbons (Fsp3) is 0. The molecule has 0 atom stereocenters. The molecule has 0 unspecified atom stereocenters. The summed E-state index contributed by atoms with van der Waals surface area (Å²) in [7, 11) is 0. The molecule has 0 radical (unpaired) electrons. The van der Waals surface area contributed by atoms with E-state index in [2.05, 4.69) is 261 Å². The molecule has 0 aliphatic rings. The van der Waals surface area contributed by atoms with Crippen LogP contribution in [-0.4, -0.2) is 18.3 Å². The van der Waals surface area contributed by atoms with E-state index >= 15 is 0 Å². The van der Waals surface area contributed by atoms with Gasteiger partial charge in [0.1, 0.15) is 24.3 Å². The minimum atomic E-state index is 0.383. The maximum absolute atomic E-state index is 11.0. The Kier molecular flexibility index (Phi) is 18.3. The minimum Gasteiger partial charge on any atom is -0.309 e. The summed E-state index contributed by atoms with van der Waals surface area (Å²) in [5.41, 5.74) is 27.7. The lowest BCUT2D eigenvalue weighted by atomic mass is 9.83. The van der Waals surface area contributed by atoms with Crippen LogP contribution in [0.4, 0.5) is 0 Å². The van der Waals surface area contributed by atoms with Gasteiger partial charge in [0.05, 0.1) is 89.7 Å². The van der Waals surface area contributed by atoms with E-state index in [9.17, 15) is 31.6 Å². The Hall–Kier alpha value is -17.9. The number of benzene rings is 18. The highest BCUT2D eigenvalue weighted by Gasteiger charge is 2.29. The second kappa shape index (κ2) is 30.9. The average molecular weight is 1580 g/mol. The second-order valence-corrected chi connectivity index (χ2v) is 30.7. The normalized spacial score (nSPS) is 11.2. The van der Waals surface area contributed by atoms with Crippen molar-refractivity contribution in [3.8, 4) is 148 Å². The van der Waals surface area contributed by atoms with Crippen molar-refractivity contribution < 1.29 is 0 Å². The van der Waals surface area contributed by atoms with E-state index in [1.165, 1.54) is 16.2 Å². The Labute approximate surface area is 714 Å². The molecule has 0 aliphatic carbocycles. The maximum Gasteiger partial charge on any atom is 0.100 e. The first-order chi connectivity index (χ1) is 61.3. The largest absolute Gasteiger partial charge is 0.309 e. The zero-order valence-electron chi connectivity index (χ0n) is 66.6. The molecule has 0 bridgehead atoms. The molecule has 124 heavy (non-hydrogen) atoms. The summed E-state index contributed by atoms with van der Waals surface area (Å²) >= 11 is 0. The van der Waals surface area contributed by atoms with Gasteiger partial charge in [-0.15, -0.1) is 0 Å². The van der Waals surface area contributed by atoms with Crippen molar-refractivity contribution in [2.24, 2.45) is 0 Å². The van der Waals surface area contributed by atoms with E-state index < -0.39 is 0 Å². The fourth-order valence-electron chi connectivity index (χ4n) is 18.8. The molecule has 0 saturated carbocycles. The highest BCUT2D eigenvalue weighted by molar-refractivity contribution is 6.31. The summed E-state index contributed by atoms with van der Waals surface area (Å²) in [5.74, 6) is 0. The van der Waals surface area contributed by atoms with Crippen molar-refractivity contribution in [1.82, 2.24) is 18.3 Å². The Morgan fingerprint density at radius 3 is 0.952 bits per heavy atom. The topological polar surface area (TPSA) is 162 Å². The fourth-order valence-corrected chi connectivity index (χ4v) is 18.8. The van der Waals surface area contributed by atoms with Crippen molar-refractivity contribution in [2.75, 3.05) is 0 Å². The van der Waals surface area contributed by atoms with Gasteiger partial charge in [0, 0.05) is 110 Å². The zero-order chi connectivity index (χ0) is 83.5. The van der Waals surface area contributed by atoms with Crippen molar-refractivity contribution in [3.63, 3.8) is 0 Å². The number of nitriles is 6. The van der Waals surface area contributed by atoms with Gasteiger partial charge in [-0.05, 0) is 160 Å². The molecule has 10 heteroatoms. The molecule has 0 N–H and O–H groups in total. The Bertz CT molecular complexity index is 8370. The Morgan fingerprint density at radius 1 is 0.169 bits per heavy atom. The van der Waals surface area contributed by atoms with Crippen molar-refractivity contribution in [3.05, 3.63) is 434 Å². The summed E-state index contributed by atoms with van der Waals surface area (Å²) < 4.78 is 9.39. The van der Waals surface area contributed by atoms with E-state index in [0.717, 1.165) is 155 Å². The number of fused-ring (bicyclic) bond motifs is 14. The summed E-state index contributed by atoms with van der Waals surface area (Å²) in [6.45, 7) is 0. The van der Waals surface area contributed by atoms with Crippen molar-refractivity contribution in [2.45, 2.75) is 0 Å². The monoisotopic (exact) mass is 1570 g/mol. The predicted octanol–water partition coefficient (Wildman–Crippen LogP) is 28.3. The number of hydrogen-bond acceptors (Lipinski definition) is 6. The van der Waals surface area contributed by atoms with Crippen LogP contribution in [0.1, 0.15) is 33.4 Å². The Morgan fingerprint density at radius 2 is 0.492 bits per heavy atom. The molecule has 18 aromatic carbocycles. The first-order valence-electron chi connectivity index (χ1n) is 40.9. The number of rotatable bonds is 12. The van der Waals surface area contributed by atoms with Crippen LogP contribution in [0.3, 0.4) is 0 Å². The van der Waals surface area contributed by atoms with Crippen LogP contribution in [0.25, 0.3) is 199 Å². The molecule has 0 aliphatic heterocycles. The summed E-state index contributed by atoms with van der Waals surface area (Å²) in [6, 6.07) is 150. The van der Waals surface area contributed by atoms with Crippen LogP contribution in [0.5, 0.6) is 0 Å². The SMILES string of the molecule is N#Cc1cc(-c2cc(-c3ccccc3)c(C#N)c(-c3ccccc3)c2C#N)ccc1-c1ccc2c(c1)c1ccc3c(c4ccccc4n3-c3ccccc3)c1n2-c1ccccc1.N#Cc1cc(-c2cc(-c3ccccc3)c(C#N)c(-c3ccccc3)c2C#N)ccc1-c1cccc2c3c4c5ccccc5n(-c5ccccc5)c4ccc3n(-c3ccccc3)c12. The lowest BCUT2D eigenvalue weighted by Crippen LogP contribution is -1.99. The van der Waals surface area contributed by atoms with E-state index in [1.54, 1.807) is 0 Å². The van der Waals surface area contributed by atoms with Gasteiger partial charge in [0.15, 0.2) is 0 Å². The summed E-state index contributed by atoms with van der Waals surface area (Å²) in [6.07, 6.45) is 0. The molecule has 0 saturated heterocycles. The molecule has 22 aromatic rings. The molecule has 572 valence electrons. The van der Waals surface area contributed by atoms with Crippen LogP contribution < -0.4 is 0 Å². The Balaban J connectivity index is 0.000000152. The van der Waals surface area contributed by atoms with Crippen LogP contribution >= 0.6 is 0 Å². The molecule has 0 spiro atoms. The van der Waals surface area contributed by atoms with Gasteiger partial charge in [-0.1, -0.05) is 285 Å². The van der Waals surface area contributed by atoms with Gasteiger partial charge in [-0.3, -0.25) is 0 Å². The molecule has 4 heterocycles. The van der Waals surface area contributed by atoms with E-state index in [1.807, 2.05) is 194 Å². The van der Waals surface area contributed by atoms with E-state index in [0.29, 0.717) is 61.2 Å². The van der Waals surface area contributed by atoms with Gasteiger partial charge < -0.3 is 18.3 Å². The van der Waals surface area contributed by atoms with Crippen LogP contribution in [0.15, 0.2) is 400 Å². The van der Waals surface area contributed by atoms with Crippen LogP contribution in [0, 0.1) is 68.0 Å². The third kappa shape index (κ3) is 12.0. The van der Waals surface area contributed by atoms with Crippen molar-refractivity contribution >= 4 is 87.2 Å². The van der Waals surface area contributed by atoms with Gasteiger partial charge in [-0.25, -0.2) is 0 Å². The summed E-state index contributed by atoms with van der Waals surface area (Å²) in [4.78, 5) is 0. The number of aromatic nitrogens is 4. The molecule has 4 aromatic heterocycles. The molecular weight excluding hydrogens is 1510 g/mol. The minimum absolute atomic E-state index is 0.383.